The van der Waals surface area contributed by atoms with E-state index in [2.05, 4.69) is 5.32 Å². The lowest BCUT2D eigenvalue weighted by Gasteiger charge is -2.18. The number of alkyl halides is 3. The van der Waals surface area contributed by atoms with Crippen molar-refractivity contribution in [3.05, 3.63) is 24.3 Å². The van der Waals surface area contributed by atoms with E-state index in [1.165, 1.54) is 12.8 Å². The zero-order valence-electron chi connectivity index (χ0n) is 14.2. The van der Waals surface area contributed by atoms with Crippen LogP contribution < -0.4 is 10.1 Å². The number of carbonyl (C=O) groups excluding carboxylic acids is 2. The van der Waals surface area contributed by atoms with Gasteiger partial charge in [-0.3, -0.25) is 9.59 Å². The van der Waals surface area contributed by atoms with Crippen LogP contribution in [0, 0.1) is 5.92 Å². The lowest BCUT2D eigenvalue weighted by Crippen LogP contribution is -2.36. The van der Waals surface area contributed by atoms with Crippen molar-refractivity contribution in [1.29, 1.82) is 0 Å². The fourth-order valence-corrected chi connectivity index (χ4v) is 3.38. The quantitative estimate of drug-likeness (QED) is 0.865. The van der Waals surface area contributed by atoms with Crippen molar-refractivity contribution in [2.24, 2.45) is 5.92 Å². The summed E-state index contributed by atoms with van der Waals surface area (Å²) in [5.41, 5.74) is 0.524. The van der Waals surface area contributed by atoms with Crippen LogP contribution in [0.2, 0.25) is 0 Å². The van der Waals surface area contributed by atoms with E-state index in [0.717, 1.165) is 18.6 Å². The van der Waals surface area contributed by atoms with Crippen LogP contribution in [-0.4, -0.2) is 42.1 Å². The van der Waals surface area contributed by atoms with Crippen LogP contribution in [0.4, 0.5) is 18.9 Å². The SMILES string of the molecule is O=C(Nc1ccc(OC2CCCC2)cc1)C1CC(=O)N(CC(F)(F)F)C1. The van der Waals surface area contributed by atoms with Crippen molar-refractivity contribution in [2.75, 3.05) is 18.4 Å². The molecule has 1 atom stereocenters. The van der Waals surface area contributed by atoms with Gasteiger partial charge in [-0.05, 0) is 49.9 Å². The molecule has 1 aromatic rings. The Kier molecular flexibility index (Phi) is 5.38. The molecule has 5 nitrogen and oxygen atoms in total. The first-order valence-electron chi connectivity index (χ1n) is 8.72. The van der Waals surface area contributed by atoms with Gasteiger partial charge in [-0.15, -0.1) is 0 Å². The molecule has 1 saturated carbocycles. The molecule has 1 saturated heterocycles. The lowest BCUT2D eigenvalue weighted by atomic mass is 10.1. The highest BCUT2D eigenvalue weighted by Gasteiger charge is 2.40. The van der Waals surface area contributed by atoms with Crippen molar-refractivity contribution >= 4 is 17.5 Å². The topological polar surface area (TPSA) is 58.6 Å². The number of amides is 2. The summed E-state index contributed by atoms with van der Waals surface area (Å²) in [6.07, 6.45) is 0.000336. The number of ether oxygens (including phenoxy) is 1. The molecule has 142 valence electrons. The molecule has 2 aliphatic rings. The molecule has 1 aromatic carbocycles. The fraction of sp³-hybridized carbons (Fsp3) is 0.556. The van der Waals surface area contributed by atoms with Gasteiger partial charge in [0.1, 0.15) is 12.3 Å². The van der Waals surface area contributed by atoms with Gasteiger partial charge in [0.2, 0.25) is 11.8 Å². The molecule has 1 heterocycles. The summed E-state index contributed by atoms with van der Waals surface area (Å²) in [5.74, 6) is -1.16. The van der Waals surface area contributed by atoms with Gasteiger partial charge in [-0.2, -0.15) is 13.2 Å². The molecule has 0 bridgehead atoms. The van der Waals surface area contributed by atoms with Gasteiger partial charge in [-0.1, -0.05) is 0 Å². The van der Waals surface area contributed by atoms with Crippen molar-refractivity contribution in [2.45, 2.75) is 44.4 Å². The number of hydrogen-bond donors (Lipinski definition) is 1. The molecule has 0 radical (unpaired) electrons. The molecule has 2 fully saturated rings. The molecule has 8 heteroatoms. The number of halogens is 3. The Morgan fingerprint density at radius 3 is 2.46 bits per heavy atom. The monoisotopic (exact) mass is 370 g/mol. The maximum atomic E-state index is 12.4. The number of anilines is 1. The van der Waals surface area contributed by atoms with Crippen LogP contribution in [-0.2, 0) is 9.59 Å². The Hall–Kier alpha value is -2.25. The van der Waals surface area contributed by atoms with Gasteiger partial charge >= 0.3 is 6.18 Å². The zero-order valence-corrected chi connectivity index (χ0v) is 14.2. The van der Waals surface area contributed by atoms with Crippen LogP contribution in [0.15, 0.2) is 24.3 Å². The van der Waals surface area contributed by atoms with Gasteiger partial charge < -0.3 is 15.0 Å². The largest absolute Gasteiger partial charge is 0.490 e. The minimum atomic E-state index is -4.46. The number of likely N-dealkylation sites (tertiary alicyclic amines) is 1. The van der Waals surface area contributed by atoms with Crippen molar-refractivity contribution in [1.82, 2.24) is 4.90 Å². The number of nitrogens with one attached hydrogen (secondary N) is 1. The van der Waals surface area contributed by atoms with Gasteiger partial charge in [-0.25, -0.2) is 0 Å². The Bertz CT molecular complexity index is 655. The van der Waals surface area contributed by atoms with Gasteiger partial charge in [0, 0.05) is 18.7 Å². The van der Waals surface area contributed by atoms with E-state index in [0.29, 0.717) is 10.6 Å². The van der Waals surface area contributed by atoms with Crippen molar-refractivity contribution < 1.29 is 27.5 Å². The Morgan fingerprint density at radius 2 is 1.85 bits per heavy atom. The van der Waals surface area contributed by atoms with E-state index >= 15 is 0 Å². The number of carbonyl (C=O) groups is 2. The second-order valence-corrected chi connectivity index (χ2v) is 6.83. The predicted octanol–water partition coefficient (Wildman–Crippen LogP) is 3.36. The standard InChI is InChI=1S/C18H21F3N2O3/c19-18(20,21)11-23-10-12(9-16(23)24)17(25)22-13-5-7-15(8-6-13)26-14-3-1-2-4-14/h5-8,12,14H,1-4,9-11H2,(H,22,25). The molecule has 0 spiro atoms. The highest BCUT2D eigenvalue weighted by atomic mass is 19.4. The molecule has 1 aliphatic carbocycles. The molecule has 1 N–H and O–H groups in total. The minimum Gasteiger partial charge on any atom is -0.490 e. The first kappa shape index (κ1) is 18.5. The first-order chi connectivity index (χ1) is 12.3. The van der Waals surface area contributed by atoms with Gasteiger partial charge in [0.25, 0.3) is 0 Å². The predicted molar refractivity (Wildman–Crippen MR) is 88.7 cm³/mol. The Balaban J connectivity index is 1.52. The molecule has 0 aromatic heterocycles. The Morgan fingerprint density at radius 1 is 1.19 bits per heavy atom. The van der Waals surface area contributed by atoms with E-state index in [4.69, 9.17) is 4.74 Å². The van der Waals surface area contributed by atoms with Gasteiger partial charge in [0.05, 0.1) is 12.0 Å². The van der Waals surface area contributed by atoms with E-state index in [1.807, 2.05) is 0 Å². The highest BCUT2D eigenvalue weighted by molar-refractivity contribution is 5.97. The minimum absolute atomic E-state index is 0.204. The number of rotatable bonds is 5. The second-order valence-electron chi connectivity index (χ2n) is 6.83. The summed E-state index contributed by atoms with van der Waals surface area (Å²) < 4.78 is 43.1. The number of benzene rings is 1. The third kappa shape index (κ3) is 4.89. The second kappa shape index (κ2) is 7.55. The van der Waals surface area contributed by atoms with E-state index in [-0.39, 0.29) is 19.1 Å². The van der Waals surface area contributed by atoms with Crippen molar-refractivity contribution in [3.8, 4) is 5.75 Å². The van der Waals surface area contributed by atoms with Crippen LogP contribution in [0.25, 0.3) is 0 Å². The molecule has 2 amide bonds. The zero-order chi connectivity index (χ0) is 18.7. The van der Waals surface area contributed by atoms with Crippen LogP contribution in [0.1, 0.15) is 32.1 Å². The van der Waals surface area contributed by atoms with Gasteiger partial charge in [0.15, 0.2) is 0 Å². The summed E-state index contributed by atoms with van der Waals surface area (Å²) in [5, 5.41) is 2.65. The fourth-order valence-electron chi connectivity index (χ4n) is 3.38. The lowest BCUT2D eigenvalue weighted by molar-refractivity contribution is -0.157. The van der Waals surface area contributed by atoms with Crippen LogP contribution in [0.3, 0.4) is 0 Å². The average Bonchev–Trinajstić information content (AvgIpc) is 3.18. The highest BCUT2D eigenvalue weighted by Crippen LogP contribution is 2.27. The molecule has 3 rings (SSSR count). The third-order valence-corrected chi connectivity index (χ3v) is 4.68. The first-order valence-corrected chi connectivity index (χ1v) is 8.72. The molecule has 1 unspecified atom stereocenters. The molecule has 1 aliphatic heterocycles. The van der Waals surface area contributed by atoms with Crippen LogP contribution in [0.5, 0.6) is 5.75 Å². The molecular formula is C18H21F3N2O3. The summed E-state index contributed by atoms with van der Waals surface area (Å²) >= 11 is 0. The van der Waals surface area contributed by atoms with E-state index < -0.39 is 30.5 Å². The summed E-state index contributed by atoms with van der Waals surface area (Å²) in [6.45, 7) is -1.53. The summed E-state index contributed by atoms with van der Waals surface area (Å²) in [6, 6.07) is 6.88. The van der Waals surface area contributed by atoms with Crippen LogP contribution >= 0.6 is 0 Å². The number of hydrogen-bond acceptors (Lipinski definition) is 3. The molecular weight excluding hydrogens is 349 g/mol. The number of nitrogens with zero attached hydrogens (tertiary/aromatic N) is 1. The van der Waals surface area contributed by atoms with E-state index in [9.17, 15) is 22.8 Å². The third-order valence-electron chi connectivity index (χ3n) is 4.68. The van der Waals surface area contributed by atoms with Crippen molar-refractivity contribution in [3.63, 3.8) is 0 Å². The van der Waals surface area contributed by atoms with E-state index in [1.54, 1.807) is 24.3 Å². The smallest absolute Gasteiger partial charge is 0.406 e. The molecule has 26 heavy (non-hydrogen) atoms. The Labute approximate surface area is 149 Å². The summed E-state index contributed by atoms with van der Waals surface area (Å²) in [4.78, 5) is 24.6. The maximum absolute atomic E-state index is 12.4. The normalized spacial score (nSPS) is 21.3. The summed E-state index contributed by atoms with van der Waals surface area (Å²) in [7, 11) is 0. The maximum Gasteiger partial charge on any atom is 0.406 e. The average molecular weight is 370 g/mol.